The van der Waals surface area contributed by atoms with E-state index in [1.165, 1.54) is 25.7 Å². The van der Waals surface area contributed by atoms with Crippen molar-refractivity contribution in [3.05, 3.63) is 35.4 Å². The Morgan fingerprint density at radius 3 is 2.44 bits per heavy atom. The molecule has 1 heterocycles. The molecule has 1 aromatic carbocycles. The Hall–Kier alpha value is -1.86. The standard InChI is InChI=1S/C21H26N2O3S/c1-2-27(25,26)23-19(14-22)21(20(23)15-24)18-12-10-17(11-13-18)9-5-8-16-6-3-4-7-16/h10-13,16,19-21,24H,2-4,6-8,15H2,1H3/t19-,20+,21+/m0/s1. The molecule has 0 bridgehead atoms. The van der Waals surface area contributed by atoms with Gasteiger partial charge in [0, 0.05) is 17.9 Å². The van der Waals surface area contributed by atoms with Gasteiger partial charge in [0.15, 0.2) is 0 Å². The van der Waals surface area contributed by atoms with Gasteiger partial charge in [0.25, 0.3) is 0 Å². The Labute approximate surface area is 162 Å². The van der Waals surface area contributed by atoms with E-state index in [-0.39, 0.29) is 18.3 Å². The molecule has 6 heteroatoms. The zero-order valence-electron chi connectivity index (χ0n) is 15.6. The van der Waals surface area contributed by atoms with E-state index >= 15 is 0 Å². The number of benzene rings is 1. The van der Waals surface area contributed by atoms with Crippen molar-refractivity contribution >= 4 is 10.0 Å². The van der Waals surface area contributed by atoms with Crippen molar-refractivity contribution in [2.45, 2.75) is 57.0 Å². The van der Waals surface area contributed by atoms with E-state index < -0.39 is 22.1 Å². The average Bonchev–Trinajstić information content (AvgIpc) is 3.16. The number of sulfonamides is 1. The number of nitriles is 1. The third-order valence-electron chi connectivity index (χ3n) is 5.75. The molecule has 3 rings (SSSR count). The number of hydrogen-bond donors (Lipinski definition) is 1. The molecule has 1 aromatic rings. The van der Waals surface area contributed by atoms with Crippen LogP contribution < -0.4 is 0 Å². The zero-order valence-corrected chi connectivity index (χ0v) is 16.5. The van der Waals surface area contributed by atoms with Crippen molar-refractivity contribution in [2.24, 2.45) is 5.92 Å². The SMILES string of the molecule is CCS(=O)(=O)N1[C@H](CO)[C@H](c2ccc(C#CCC3CCCC3)cc2)[C@@H]1C#N. The molecule has 2 fully saturated rings. The van der Waals surface area contributed by atoms with Crippen LogP contribution >= 0.6 is 0 Å². The van der Waals surface area contributed by atoms with Crippen molar-refractivity contribution in [1.29, 1.82) is 5.26 Å². The van der Waals surface area contributed by atoms with E-state index in [4.69, 9.17) is 0 Å². The predicted octanol–water partition coefficient (Wildman–Crippen LogP) is 2.62. The van der Waals surface area contributed by atoms with E-state index in [9.17, 15) is 18.8 Å². The first-order valence-corrected chi connectivity index (χ1v) is 11.2. The Morgan fingerprint density at radius 1 is 1.22 bits per heavy atom. The van der Waals surface area contributed by atoms with Gasteiger partial charge in [-0.25, -0.2) is 8.42 Å². The molecular formula is C21H26N2O3S. The van der Waals surface area contributed by atoms with Crippen molar-refractivity contribution in [1.82, 2.24) is 4.31 Å². The summed E-state index contributed by atoms with van der Waals surface area (Å²) in [5.41, 5.74) is 1.78. The van der Waals surface area contributed by atoms with Crippen LogP contribution in [0.4, 0.5) is 0 Å². The topological polar surface area (TPSA) is 81.4 Å². The number of aliphatic hydroxyl groups excluding tert-OH is 1. The van der Waals surface area contributed by atoms with E-state index in [2.05, 4.69) is 17.9 Å². The van der Waals surface area contributed by atoms with E-state index in [1.807, 2.05) is 24.3 Å². The molecule has 0 spiro atoms. The number of nitrogens with zero attached hydrogens (tertiary/aromatic N) is 2. The lowest BCUT2D eigenvalue weighted by atomic mass is 9.78. The summed E-state index contributed by atoms with van der Waals surface area (Å²) in [5, 5.41) is 19.2. The second-order valence-electron chi connectivity index (χ2n) is 7.36. The van der Waals surface area contributed by atoms with Gasteiger partial charge in [0.05, 0.1) is 24.5 Å². The average molecular weight is 387 g/mol. The first-order chi connectivity index (χ1) is 13.0. The highest BCUT2D eigenvalue weighted by atomic mass is 32.2. The third-order valence-corrected chi connectivity index (χ3v) is 7.62. The minimum Gasteiger partial charge on any atom is -0.395 e. The predicted molar refractivity (Wildman–Crippen MR) is 104 cm³/mol. The summed E-state index contributed by atoms with van der Waals surface area (Å²) in [7, 11) is -3.52. The molecule has 3 atom stereocenters. The Bertz CT molecular complexity index is 855. The third kappa shape index (κ3) is 4.04. The van der Waals surface area contributed by atoms with E-state index in [0.29, 0.717) is 0 Å². The van der Waals surface area contributed by atoms with Crippen molar-refractivity contribution < 1.29 is 13.5 Å². The fourth-order valence-corrected chi connectivity index (χ4v) is 5.63. The van der Waals surface area contributed by atoms with Crippen LogP contribution in [0.3, 0.4) is 0 Å². The zero-order chi connectivity index (χ0) is 19.4. The minimum absolute atomic E-state index is 0.0794. The number of rotatable bonds is 5. The maximum atomic E-state index is 12.2. The molecule has 1 aliphatic carbocycles. The maximum absolute atomic E-state index is 12.2. The summed E-state index contributed by atoms with van der Waals surface area (Å²) in [4.78, 5) is 0. The molecule has 1 N–H and O–H groups in total. The molecular weight excluding hydrogens is 360 g/mol. The van der Waals surface area contributed by atoms with Gasteiger partial charge in [-0.15, -0.1) is 0 Å². The van der Waals surface area contributed by atoms with Gasteiger partial charge >= 0.3 is 0 Å². The highest BCUT2D eigenvalue weighted by Crippen LogP contribution is 2.42. The molecule has 144 valence electrons. The van der Waals surface area contributed by atoms with Crippen LogP contribution in [0.15, 0.2) is 24.3 Å². The fourth-order valence-electron chi connectivity index (χ4n) is 4.20. The van der Waals surface area contributed by atoms with Crippen molar-refractivity contribution in [3.63, 3.8) is 0 Å². The Morgan fingerprint density at radius 2 is 1.89 bits per heavy atom. The van der Waals surface area contributed by atoms with Gasteiger partial charge in [0.1, 0.15) is 6.04 Å². The first-order valence-electron chi connectivity index (χ1n) is 9.62. The largest absolute Gasteiger partial charge is 0.395 e. The minimum atomic E-state index is -3.52. The highest BCUT2D eigenvalue weighted by molar-refractivity contribution is 7.89. The summed E-state index contributed by atoms with van der Waals surface area (Å²) in [6, 6.07) is 8.36. The van der Waals surface area contributed by atoms with Crippen LogP contribution in [-0.4, -0.2) is 42.3 Å². The Balaban J connectivity index is 1.72. The molecule has 27 heavy (non-hydrogen) atoms. The van der Waals surface area contributed by atoms with Gasteiger partial charge in [0.2, 0.25) is 10.0 Å². The van der Waals surface area contributed by atoms with Crippen LogP contribution in [0.25, 0.3) is 0 Å². The van der Waals surface area contributed by atoms with Crippen LogP contribution in [0, 0.1) is 29.1 Å². The van der Waals surface area contributed by atoms with Crippen molar-refractivity contribution in [3.8, 4) is 17.9 Å². The normalized spacial score (nSPS) is 26.0. The lowest BCUT2D eigenvalue weighted by Crippen LogP contribution is -2.65. The summed E-state index contributed by atoms with van der Waals surface area (Å²) < 4.78 is 25.6. The molecule has 1 aliphatic heterocycles. The van der Waals surface area contributed by atoms with Crippen LogP contribution in [-0.2, 0) is 10.0 Å². The summed E-state index contributed by atoms with van der Waals surface area (Å²) in [6.07, 6.45) is 6.14. The van der Waals surface area contributed by atoms with E-state index in [1.54, 1.807) is 6.92 Å². The van der Waals surface area contributed by atoms with E-state index in [0.717, 1.165) is 27.8 Å². The number of aliphatic hydroxyl groups is 1. The summed E-state index contributed by atoms with van der Waals surface area (Å²) in [5.74, 6) is 6.80. The fraction of sp³-hybridized carbons (Fsp3) is 0.571. The van der Waals surface area contributed by atoms with Crippen molar-refractivity contribution in [2.75, 3.05) is 12.4 Å². The first kappa shape index (κ1) is 19.9. The van der Waals surface area contributed by atoms with Gasteiger partial charge in [-0.2, -0.15) is 9.57 Å². The van der Waals surface area contributed by atoms with Crippen LogP contribution in [0.2, 0.25) is 0 Å². The van der Waals surface area contributed by atoms with Crippen LogP contribution in [0.1, 0.15) is 56.1 Å². The monoisotopic (exact) mass is 386 g/mol. The Kier molecular flexibility index (Phi) is 6.22. The number of hydrogen-bond acceptors (Lipinski definition) is 4. The second kappa shape index (κ2) is 8.44. The molecule has 2 aliphatic rings. The molecule has 5 nitrogen and oxygen atoms in total. The smallest absolute Gasteiger partial charge is 0.215 e. The van der Waals surface area contributed by atoms with Gasteiger partial charge < -0.3 is 5.11 Å². The van der Waals surface area contributed by atoms with Crippen LogP contribution in [0.5, 0.6) is 0 Å². The van der Waals surface area contributed by atoms with Gasteiger partial charge in [-0.3, -0.25) is 0 Å². The lowest BCUT2D eigenvalue weighted by Gasteiger charge is -2.50. The summed E-state index contributed by atoms with van der Waals surface area (Å²) in [6.45, 7) is 1.25. The van der Waals surface area contributed by atoms with Gasteiger partial charge in [-0.1, -0.05) is 36.8 Å². The molecule has 0 amide bonds. The molecule has 1 saturated heterocycles. The molecule has 0 radical (unpaired) electrons. The summed E-state index contributed by atoms with van der Waals surface area (Å²) >= 11 is 0. The quantitative estimate of drug-likeness (QED) is 0.789. The maximum Gasteiger partial charge on any atom is 0.215 e. The van der Waals surface area contributed by atoms with Gasteiger partial charge in [-0.05, 0) is 43.4 Å². The molecule has 1 saturated carbocycles. The molecule has 0 aromatic heterocycles. The highest BCUT2D eigenvalue weighted by Gasteiger charge is 2.54. The molecule has 0 unspecified atom stereocenters. The second-order valence-corrected chi connectivity index (χ2v) is 9.52. The lowest BCUT2D eigenvalue weighted by molar-refractivity contribution is 0.0558.